The van der Waals surface area contributed by atoms with Crippen molar-refractivity contribution in [1.82, 2.24) is 24.7 Å². The molecular weight excluding hydrogens is 388 g/mol. The van der Waals surface area contributed by atoms with Gasteiger partial charge in [0.25, 0.3) is 0 Å². The van der Waals surface area contributed by atoms with Gasteiger partial charge in [0.2, 0.25) is 0 Å². The second-order valence-corrected chi connectivity index (χ2v) is 7.65. The highest BCUT2D eigenvalue weighted by Crippen LogP contribution is 2.35. The van der Waals surface area contributed by atoms with Gasteiger partial charge < -0.3 is 14.8 Å². The molecule has 1 aromatic carbocycles. The molecule has 0 aliphatic rings. The van der Waals surface area contributed by atoms with Gasteiger partial charge in [-0.2, -0.15) is 0 Å². The van der Waals surface area contributed by atoms with Crippen LogP contribution in [0.15, 0.2) is 65.7 Å². The van der Waals surface area contributed by atoms with E-state index < -0.39 is 0 Å². The fourth-order valence-electron chi connectivity index (χ4n) is 4.04. The number of hydrogen-bond donors (Lipinski definition) is 1. The lowest BCUT2D eigenvalue weighted by Gasteiger charge is -2.16. The Morgan fingerprint density at radius 3 is 2.48 bits per heavy atom. The van der Waals surface area contributed by atoms with Gasteiger partial charge in [0.15, 0.2) is 0 Å². The summed E-state index contributed by atoms with van der Waals surface area (Å²) in [5.41, 5.74) is 13.2. The standard InChI is InChI=1S/C24H22N6O/c1-14-23(16(3)31-29-14)18-9-21-24(28-10-18)19(20-11-27-22(25)12-26-20)13-30(21)15(2)17-7-5-4-6-8-17/h4-13,15H,1-3H3,(H2,25,27). The van der Waals surface area contributed by atoms with Crippen LogP contribution in [-0.4, -0.2) is 24.7 Å². The van der Waals surface area contributed by atoms with E-state index >= 15 is 0 Å². The maximum Gasteiger partial charge on any atom is 0.141 e. The average Bonchev–Trinajstić information content (AvgIpc) is 3.33. The summed E-state index contributed by atoms with van der Waals surface area (Å²) in [5.74, 6) is 1.16. The number of aryl methyl sites for hydroxylation is 2. The van der Waals surface area contributed by atoms with Crippen molar-refractivity contribution in [1.29, 1.82) is 0 Å². The normalized spacial score (nSPS) is 12.4. The fraction of sp³-hybridized carbons (Fsp3) is 0.167. The summed E-state index contributed by atoms with van der Waals surface area (Å²) in [6, 6.07) is 12.6. The van der Waals surface area contributed by atoms with Gasteiger partial charge in [0.1, 0.15) is 11.6 Å². The molecule has 7 nitrogen and oxygen atoms in total. The molecule has 5 aromatic rings. The zero-order chi connectivity index (χ0) is 21.5. The first-order chi connectivity index (χ1) is 15.0. The number of aromatic nitrogens is 5. The van der Waals surface area contributed by atoms with Crippen LogP contribution in [0.3, 0.4) is 0 Å². The summed E-state index contributed by atoms with van der Waals surface area (Å²) in [6.07, 6.45) is 7.20. The maximum atomic E-state index is 5.74. The van der Waals surface area contributed by atoms with Crippen LogP contribution in [0.2, 0.25) is 0 Å². The van der Waals surface area contributed by atoms with Gasteiger partial charge >= 0.3 is 0 Å². The third-order valence-corrected chi connectivity index (χ3v) is 5.64. The molecule has 5 rings (SSSR count). The molecule has 0 fully saturated rings. The average molecular weight is 410 g/mol. The first-order valence-electron chi connectivity index (χ1n) is 10.1. The Hall–Kier alpha value is -4.00. The van der Waals surface area contributed by atoms with Crippen LogP contribution in [0.1, 0.15) is 30.0 Å². The number of anilines is 1. The highest BCUT2D eigenvalue weighted by molar-refractivity contribution is 5.94. The molecule has 4 aromatic heterocycles. The predicted octanol–water partition coefficient (Wildman–Crippen LogP) is 4.96. The molecule has 0 saturated heterocycles. The molecule has 7 heteroatoms. The number of nitrogens with two attached hydrogens (primary N) is 1. The molecule has 0 bridgehead atoms. The summed E-state index contributed by atoms with van der Waals surface area (Å²) < 4.78 is 7.61. The van der Waals surface area contributed by atoms with Gasteiger partial charge in [0.05, 0.1) is 40.9 Å². The Morgan fingerprint density at radius 1 is 1.00 bits per heavy atom. The Kier molecular flexibility index (Phi) is 4.51. The molecule has 0 aliphatic heterocycles. The molecular formula is C24H22N6O. The minimum atomic E-state index is 0.0981. The van der Waals surface area contributed by atoms with Gasteiger partial charge in [-0.25, -0.2) is 4.98 Å². The highest BCUT2D eigenvalue weighted by Gasteiger charge is 2.20. The van der Waals surface area contributed by atoms with Crippen LogP contribution in [0, 0.1) is 13.8 Å². The molecule has 0 radical (unpaired) electrons. The van der Waals surface area contributed by atoms with E-state index in [1.807, 2.05) is 26.1 Å². The van der Waals surface area contributed by atoms with E-state index in [1.54, 1.807) is 12.4 Å². The van der Waals surface area contributed by atoms with Gasteiger partial charge in [-0.15, -0.1) is 0 Å². The Labute approximate surface area is 179 Å². The minimum Gasteiger partial charge on any atom is -0.382 e. The van der Waals surface area contributed by atoms with Crippen LogP contribution in [-0.2, 0) is 0 Å². The van der Waals surface area contributed by atoms with Gasteiger partial charge in [-0.3, -0.25) is 9.97 Å². The second-order valence-electron chi connectivity index (χ2n) is 7.65. The smallest absolute Gasteiger partial charge is 0.141 e. The van der Waals surface area contributed by atoms with Crippen LogP contribution >= 0.6 is 0 Å². The molecule has 0 amide bonds. The first-order valence-corrected chi connectivity index (χ1v) is 10.1. The number of nitrogen functional groups attached to an aromatic ring is 1. The summed E-state index contributed by atoms with van der Waals surface area (Å²) in [4.78, 5) is 13.5. The Balaban J connectivity index is 1.75. The van der Waals surface area contributed by atoms with Crippen molar-refractivity contribution in [3.8, 4) is 22.4 Å². The van der Waals surface area contributed by atoms with E-state index in [4.69, 9.17) is 15.2 Å². The quantitative estimate of drug-likeness (QED) is 0.450. The van der Waals surface area contributed by atoms with E-state index in [1.165, 1.54) is 5.56 Å². The van der Waals surface area contributed by atoms with Crippen molar-refractivity contribution < 1.29 is 4.52 Å². The topological polar surface area (TPSA) is 95.7 Å². The lowest BCUT2D eigenvalue weighted by atomic mass is 10.0. The zero-order valence-electron chi connectivity index (χ0n) is 17.6. The number of hydrogen-bond acceptors (Lipinski definition) is 6. The fourth-order valence-corrected chi connectivity index (χ4v) is 4.04. The van der Waals surface area contributed by atoms with E-state index in [2.05, 4.69) is 63.1 Å². The monoisotopic (exact) mass is 410 g/mol. The van der Waals surface area contributed by atoms with Crippen LogP contribution < -0.4 is 5.73 Å². The summed E-state index contributed by atoms with van der Waals surface area (Å²) in [7, 11) is 0. The third kappa shape index (κ3) is 3.24. The van der Waals surface area contributed by atoms with E-state index in [0.717, 1.165) is 44.9 Å². The van der Waals surface area contributed by atoms with Crippen molar-refractivity contribution in [2.24, 2.45) is 0 Å². The zero-order valence-corrected chi connectivity index (χ0v) is 17.6. The second kappa shape index (κ2) is 7.36. The van der Waals surface area contributed by atoms with Gasteiger partial charge in [0, 0.05) is 29.1 Å². The van der Waals surface area contributed by atoms with Gasteiger partial charge in [-0.1, -0.05) is 35.5 Å². The number of fused-ring (bicyclic) bond motifs is 1. The first kappa shape index (κ1) is 19.0. The van der Waals surface area contributed by atoms with Crippen molar-refractivity contribution in [3.63, 3.8) is 0 Å². The van der Waals surface area contributed by atoms with E-state index in [9.17, 15) is 0 Å². The Bertz CT molecular complexity index is 1350. The van der Waals surface area contributed by atoms with Crippen LogP contribution in [0.5, 0.6) is 0 Å². The lowest BCUT2D eigenvalue weighted by molar-refractivity contribution is 0.393. The number of rotatable bonds is 4. The molecule has 4 heterocycles. The van der Waals surface area contributed by atoms with Crippen molar-refractivity contribution >= 4 is 16.9 Å². The van der Waals surface area contributed by atoms with Crippen molar-refractivity contribution in [2.75, 3.05) is 5.73 Å². The van der Waals surface area contributed by atoms with Gasteiger partial charge in [-0.05, 0) is 32.4 Å². The number of nitrogens with zero attached hydrogens (tertiary/aromatic N) is 5. The summed E-state index contributed by atoms with van der Waals surface area (Å²) in [6.45, 7) is 6.04. The van der Waals surface area contributed by atoms with Crippen LogP contribution in [0.25, 0.3) is 33.4 Å². The minimum absolute atomic E-state index is 0.0981. The molecule has 1 atom stereocenters. The highest BCUT2D eigenvalue weighted by atomic mass is 16.5. The molecule has 0 aliphatic carbocycles. The van der Waals surface area contributed by atoms with E-state index in [-0.39, 0.29) is 6.04 Å². The molecule has 1 unspecified atom stereocenters. The Morgan fingerprint density at radius 2 is 1.81 bits per heavy atom. The molecule has 0 spiro atoms. The molecule has 2 N–H and O–H groups in total. The van der Waals surface area contributed by atoms with Crippen molar-refractivity contribution in [3.05, 3.63) is 78.2 Å². The molecule has 154 valence electrons. The SMILES string of the molecule is Cc1noc(C)c1-c1cnc2c(-c3cnc(N)cn3)cn(C(C)c3ccccc3)c2c1. The summed E-state index contributed by atoms with van der Waals surface area (Å²) >= 11 is 0. The van der Waals surface area contributed by atoms with Crippen LogP contribution in [0.4, 0.5) is 5.82 Å². The van der Waals surface area contributed by atoms with E-state index in [0.29, 0.717) is 5.82 Å². The molecule has 0 saturated carbocycles. The lowest BCUT2D eigenvalue weighted by Crippen LogP contribution is -2.05. The largest absolute Gasteiger partial charge is 0.382 e. The number of benzene rings is 1. The summed E-state index contributed by atoms with van der Waals surface area (Å²) in [5, 5.41) is 4.10. The third-order valence-electron chi connectivity index (χ3n) is 5.64. The van der Waals surface area contributed by atoms with Crippen molar-refractivity contribution in [2.45, 2.75) is 26.8 Å². The predicted molar refractivity (Wildman–Crippen MR) is 120 cm³/mol. The maximum absolute atomic E-state index is 5.74. The number of pyridine rings is 1. The molecule has 31 heavy (non-hydrogen) atoms.